The first-order valence-corrected chi connectivity index (χ1v) is 9.19. The maximum Gasteiger partial charge on any atom is 0.222 e. The molecule has 2 aromatic heterocycles. The monoisotopic (exact) mass is 355 g/mol. The van der Waals surface area contributed by atoms with E-state index in [0.717, 1.165) is 43.7 Å². The molecule has 2 aliphatic rings. The van der Waals surface area contributed by atoms with Gasteiger partial charge in [0, 0.05) is 62.5 Å². The lowest BCUT2D eigenvalue weighted by Gasteiger charge is -2.27. The number of carbonyl (C=O) groups is 1. The molecule has 2 aromatic rings. The summed E-state index contributed by atoms with van der Waals surface area (Å²) in [6, 6.07) is 5.89. The summed E-state index contributed by atoms with van der Waals surface area (Å²) in [7, 11) is 0. The molecule has 6 heteroatoms. The van der Waals surface area contributed by atoms with E-state index in [4.69, 9.17) is 4.42 Å². The molecule has 26 heavy (non-hydrogen) atoms. The number of nitrogens with zero attached hydrogens (tertiary/aromatic N) is 3. The summed E-state index contributed by atoms with van der Waals surface area (Å²) in [6.45, 7) is 4.12. The molecule has 4 rings (SSSR count). The second kappa shape index (κ2) is 7.21. The molecule has 2 saturated heterocycles. The minimum absolute atomic E-state index is 0.133. The van der Waals surface area contributed by atoms with Gasteiger partial charge in [-0.3, -0.25) is 14.7 Å². The average molecular weight is 355 g/mol. The van der Waals surface area contributed by atoms with E-state index in [2.05, 4.69) is 9.88 Å². The Morgan fingerprint density at radius 3 is 2.77 bits per heavy atom. The molecule has 0 radical (unpaired) electrons. The summed E-state index contributed by atoms with van der Waals surface area (Å²) in [5, 5.41) is 10.1. The summed E-state index contributed by atoms with van der Waals surface area (Å²) in [5.74, 6) is 0.523. The third kappa shape index (κ3) is 3.39. The van der Waals surface area contributed by atoms with Gasteiger partial charge in [-0.05, 0) is 36.1 Å². The zero-order valence-corrected chi connectivity index (χ0v) is 14.9. The van der Waals surface area contributed by atoms with Crippen LogP contribution in [0.3, 0.4) is 0 Å². The maximum atomic E-state index is 12.6. The Hall–Kier alpha value is -2.18. The summed E-state index contributed by atoms with van der Waals surface area (Å²) >= 11 is 0. The van der Waals surface area contributed by atoms with E-state index in [0.29, 0.717) is 18.9 Å². The quantitative estimate of drug-likeness (QED) is 0.852. The molecule has 2 atom stereocenters. The van der Waals surface area contributed by atoms with Gasteiger partial charge < -0.3 is 14.4 Å². The molecular formula is C20H25N3O3. The van der Waals surface area contributed by atoms with Crippen LogP contribution in [-0.4, -0.2) is 58.6 Å². The lowest BCUT2D eigenvalue weighted by Crippen LogP contribution is -2.38. The smallest absolute Gasteiger partial charge is 0.222 e. The van der Waals surface area contributed by atoms with Gasteiger partial charge in [-0.25, -0.2) is 0 Å². The van der Waals surface area contributed by atoms with Crippen LogP contribution in [0.15, 0.2) is 47.5 Å². The number of aliphatic hydroxyl groups is 1. The number of aryl methyl sites for hydroxylation is 1. The van der Waals surface area contributed by atoms with E-state index in [1.165, 1.54) is 0 Å². The molecule has 2 aliphatic heterocycles. The number of carbonyl (C=O) groups excluding carboxylic acids is 1. The highest BCUT2D eigenvalue weighted by Crippen LogP contribution is 2.42. The van der Waals surface area contributed by atoms with E-state index < -0.39 is 0 Å². The number of aromatic nitrogens is 1. The molecule has 1 N–H and O–H groups in total. The first kappa shape index (κ1) is 17.2. The summed E-state index contributed by atoms with van der Waals surface area (Å²) < 4.78 is 5.15. The van der Waals surface area contributed by atoms with Crippen LogP contribution < -0.4 is 0 Å². The van der Waals surface area contributed by atoms with E-state index >= 15 is 0 Å². The molecule has 4 heterocycles. The van der Waals surface area contributed by atoms with Crippen LogP contribution in [0.5, 0.6) is 0 Å². The Morgan fingerprint density at radius 2 is 2.08 bits per heavy atom. The van der Waals surface area contributed by atoms with E-state index in [1.807, 2.05) is 23.1 Å². The molecule has 6 nitrogen and oxygen atoms in total. The standard InChI is InChI=1S/C20H25N3O3/c24-15-20-13-22(9-17-5-8-26-12-17)10-18(20)11-23(14-20)19(25)2-1-16-3-6-21-7-4-16/h3-8,12,18,24H,1-2,9-11,13-15H2. The zero-order chi connectivity index (χ0) is 18.0. The normalized spacial score (nSPS) is 25.6. The number of furan rings is 1. The summed E-state index contributed by atoms with van der Waals surface area (Å²) in [5.41, 5.74) is 2.11. The molecular weight excluding hydrogens is 330 g/mol. The predicted molar refractivity (Wildman–Crippen MR) is 96.1 cm³/mol. The van der Waals surface area contributed by atoms with E-state index in [9.17, 15) is 9.90 Å². The van der Waals surface area contributed by atoms with Crippen molar-refractivity contribution in [3.05, 3.63) is 54.2 Å². The Balaban J connectivity index is 1.34. The van der Waals surface area contributed by atoms with Crippen molar-refractivity contribution in [3.63, 3.8) is 0 Å². The zero-order valence-electron chi connectivity index (χ0n) is 14.9. The van der Waals surface area contributed by atoms with Crippen LogP contribution in [-0.2, 0) is 17.8 Å². The topological polar surface area (TPSA) is 69.8 Å². The van der Waals surface area contributed by atoms with Crippen molar-refractivity contribution in [2.45, 2.75) is 19.4 Å². The van der Waals surface area contributed by atoms with Gasteiger partial charge in [-0.15, -0.1) is 0 Å². The minimum Gasteiger partial charge on any atom is -0.472 e. The number of hydrogen-bond acceptors (Lipinski definition) is 5. The lowest BCUT2D eigenvalue weighted by atomic mass is 9.82. The van der Waals surface area contributed by atoms with Crippen molar-refractivity contribution in [1.29, 1.82) is 0 Å². The predicted octanol–water partition coefficient (Wildman–Crippen LogP) is 1.56. The van der Waals surface area contributed by atoms with Crippen molar-refractivity contribution in [2.75, 3.05) is 32.8 Å². The van der Waals surface area contributed by atoms with E-state index in [-0.39, 0.29) is 17.9 Å². The number of hydrogen-bond donors (Lipinski definition) is 1. The van der Waals surface area contributed by atoms with Crippen molar-refractivity contribution in [1.82, 2.24) is 14.8 Å². The summed E-state index contributed by atoms with van der Waals surface area (Å²) in [6.07, 6.45) is 8.23. The van der Waals surface area contributed by atoms with Gasteiger partial charge in [0.1, 0.15) is 0 Å². The fourth-order valence-corrected chi connectivity index (χ4v) is 4.42. The number of likely N-dealkylation sites (tertiary alicyclic amines) is 2. The summed E-state index contributed by atoms with van der Waals surface area (Å²) in [4.78, 5) is 21.0. The van der Waals surface area contributed by atoms with Crippen molar-refractivity contribution < 1.29 is 14.3 Å². The first-order valence-electron chi connectivity index (χ1n) is 9.19. The van der Waals surface area contributed by atoms with Gasteiger partial charge in [0.2, 0.25) is 5.91 Å². The number of amides is 1. The van der Waals surface area contributed by atoms with Gasteiger partial charge in [-0.2, -0.15) is 0 Å². The van der Waals surface area contributed by atoms with Crippen molar-refractivity contribution in [3.8, 4) is 0 Å². The van der Waals surface area contributed by atoms with Crippen LogP contribution in [0.4, 0.5) is 0 Å². The van der Waals surface area contributed by atoms with Gasteiger partial charge in [0.25, 0.3) is 0 Å². The number of pyridine rings is 1. The Morgan fingerprint density at radius 1 is 1.23 bits per heavy atom. The molecule has 0 saturated carbocycles. The highest BCUT2D eigenvalue weighted by atomic mass is 16.3. The number of rotatable bonds is 6. The lowest BCUT2D eigenvalue weighted by molar-refractivity contribution is -0.130. The largest absolute Gasteiger partial charge is 0.472 e. The third-order valence-electron chi connectivity index (χ3n) is 5.86. The first-order chi connectivity index (χ1) is 12.7. The molecule has 2 unspecified atom stereocenters. The van der Waals surface area contributed by atoms with Crippen LogP contribution in [0.25, 0.3) is 0 Å². The number of aliphatic hydroxyl groups excluding tert-OH is 1. The van der Waals surface area contributed by atoms with E-state index in [1.54, 1.807) is 24.9 Å². The second-order valence-corrected chi connectivity index (χ2v) is 7.65. The molecule has 0 spiro atoms. The van der Waals surface area contributed by atoms with Crippen molar-refractivity contribution in [2.24, 2.45) is 11.3 Å². The van der Waals surface area contributed by atoms with Gasteiger partial charge in [-0.1, -0.05) is 0 Å². The third-order valence-corrected chi connectivity index (χ3v) is 5.86. The molecule has 1 amide bonds. The molecule has 0 aromatic carbocycles. The van der Waals surface area contributed by atoms with Gasteiger partial charge in [0.05, 0.1) is 19.1 Å². The van der Waals surface area contributed by atoms with Crippen LogP contribution >= 0.6 is 0 Å². The average Bonchev–Trinajstić information content (AvgIpc) is 3.35. The molecule has 2 fully saturated rings. The number of fused-ring (bicyclic) bond motifs is 1. The fourth-order valence-electron chi connectivity index (χ4n) is 4.42. The Labute approximate surface area is 153 Å². The maximum absolute atomic E-state index is 12.6. The fraction of sp³-hybridized carbons (Fsp3) is 0.500. The molecule has 0 bridgehead atoms. The van der Waals surface area contributed by atoms with Crippen LogP contribution in [0.2, 0.25) is 0 Å². The van der Waals surface area contributed by atoms with Crippen LogP contribution in [0.1, 0.15) is 17.5 Å². The molecule has 0 aliphatic carbocycles. The highest BCUT2D eigenvalue weighted by Gasteiger charge is 2.52. The van der Waals surface area contributed by atoms with Gasteiger partial charge in [0.15, 0.2) is 0 Å². The Bertz CT molecular complexity index is 734. The van der Waals surface area contributed by atoms with Gasteiger partial charge >= 0.3 is 0 Å². The Kier molecular flexibility index (Phi) is 4.78. The SMILES string of the molecule is O=C(CCc1ccncc1)N1CC2CN(Cc3ccoc3)CC2(CO)C1. The van der Waals surface area contributed by atoms with Crippen LogP contribution in [0, 0.1) is 11.3 Å². The second-order valence-electron chi connectivity index (χ2n) is 7.65. The highest BCUT2D eigenvalue weighted by molar-refractivity contribution is 5.77. The molecule has 138 valence electrons. The minimum atomic E-state index is -0.184. The van der Waals surface area contributed by atoms with Crippen molar-refractivity contribution >= 4 is 5.91 Å².